The fourth-order valence-electron chi connectivity index (χ4n) is 2.12. The van der Waals surface area contributed by atoms with Gasteiger partial charge in [0, 0.05) is 6.20 Å². The summed E-state index contributed by atoms with van der Waals surface area (Å²) < 4.78 is 1.93. The molecule has 0 saturated heterocycles. The summed E-state index contributed by atoms with van der Waals surface area (Å²) in [6, 6.07) is 2.27. The van der Waals surface area contributed by atoms with Gasteiger partial charge >= 0.3 is 0 Å². The molecule has 0 radical (unpaired) electrons. The number of hydrogen-bond donors (Lipinski definition) is 2. The Morgan fingerprint density at radius 3 is 2.79 bits per heavy atom. The Labute approximate surface area is 112 Å². The minimum Gasteiger partial charge on any atom is -0.383 e. The summed E-state index contributed by atoms with van der Waals surface area (Å²) in [5, 5.41) is 10.8. The van der Waals surface area contributed by atoms with Crippen molar-refractivity contribution in [1.29, 1.82) is 0 Å². The summed E-state index contributed by atoms with van der Waals surface area (Å²) in [6.45, 7) is 4.26. The number of anilines is 1. The minimum atomic E-state index is -0.0685. The number of aromatic amines is 1. The summed E-state index contributed by atoms with van der Waals surface area (Å²) in [5.41, 5.74) is 6.82. The lowest BCUT2D eigenvalue weighted by atomic mass is 10.1. The van der Waals surface area contributed by atoms with Gasteiger partial charge in [0.25, 0.3) is 0 Å². The molecule has 3 N–H and O–H groups in total. The first-order chi connectivity index (χ1) is 9.15. The monoisotopic (exact) mass is 261 g/mol. The first kappa shape index (κ1) is 13.3. The van der Waals surface area contributed by atoms with Gasteiger partial charge in [0.2, 0.25) is 0 Å². The molecule has 0 aliphatic heterocycles. The van der Waals surface area contributed by atoms with Gasteiger partial charge in [-0.25, -0.2) is 0 Å². The average molecular weight is 261 g/mol. The van der Waals surface area contributed by atoms with Crippen LogP contribution in [-0.2, 0) is 6.42 Å². The second kappa shape index (κ2) is 5.69. The van der Waals surface area contributed by atoms with Crippen LogP contribution in [0.4, 0.5) is 5.82 Å². The Morgan fingerprint density at radius 2 is 2.21 bits per heavy atom. The third-order valence-corrected chi connectivity index (χ3v) is 3.29. The highest BCUT2D eigenvalue weighted by Gasteiger charge is 2.15. The van der Waals surface area contributed by atoms with Crippen molar-refractivity contribution in [2.45, 2.75) is 39.2 Å². The second-order valence-corrected chi connectivity index (χ2v) is 4.55. The van der Waals surface area contributed by atoms with Crippen LogP contribution in [0, 0.1) is 0 Å². The number of aromatic nitrogens is 4. The zero-order valence-electron chi connectivity index (χ0n) is 11.3. The van der Waals surface area contributed by atoms with E-state index in [1.54, 1.807) is 0 Å². The van der Waals surface area contributed by atoms with Gasteiger partial charge in [0.05, 0.1) is 29.9 Å². The van der Waals surface area contributed by atoms with Gasteiger partial charge in [-0.3, -0.25) is 14.6 Å². The van der Waals surface area contributed by atoms with Gasteiger partial charge in [-0.1, -0.05) is 13.8 Å². The molecular weight excluding hydrogens is 242 g/mol. The minimum absolute atomic E-state index is 0.0685. The molecule has 6 heteroatoms. The molecule has 0 aromatic carbocycles. The Morgan fingerprint density at radius 1 is 1.47 bits per heavy atom. The van der Waals surface area contributed by atoms with E-state index in [0.717, 1.165) is 18.5 Å². The molecule has 6 nitrogen and oxygen atoms in total. The molecule has 0 amide bonds. The van der Waals surface area contributed by atoms with Crippen molar-refractivity contribution in [3.63, 3.8) is 0 Å². The molecule has 2 aromatic rings. The van der Waals surface area contributed by atoms with Crippen molar-refractivity contribution in [1.82, 2.24) is 20.0 Å². The molecule has 0 fully saturated rings. The Kier molecular flexibility index (Phi) is 3.99. The molecule has 0 bridgehead atoms. The van der Waals surface area contributed by atoms with Crippen LogP contribution >= 0.6 is 0 Å². The van der Waals surface area contributed by atoms with Gasteiger partial charge in [0.1, 0.15) is 5.82 Å². The van der Waals surface area contributed by atoms with Gasteiger partial charge < -0.3 is 5.73 Å². The largest absolute Gasteiger partial charge is 0.383 e. The number of nitrogens with two attached hydrogens (primary N) is 1. The van der Waals surface area contributed by atoms with Crippen LogP contribution in [0.3, 0.4) is 0 Å². The Balaban J connectivity index is 2.08. The summed E-state index contributed by atoms with van der Waals surface area (Å²) in [5.74, 6) is 0.241. The zero-order chi connectivity index (χ0) is 13.8. The van der Waals surface area contributed by atoms with Crippen LogP contribution in [0.2, 0.25) is 0 Å². The van der Waals surface area contributed by atoms with Crippen LogP contribution < -0.4 is 5.73 Å². The molecule has 0 aliphatic carbocycles. The number of hydrogen-bond acceptors (Lipinski definition) is 4. The summed E-state index contributed by atoms with van der Waals surface area (Å²) in [7, 11) is 0. The van der Waals surface area contributed by atoms with Crippen molar-refractivity contribution in [2.75, 3.05) is 5.73 Å². The van der Waals surface area contributed by atoms with Gasteiger partial charge in [-0.05, 0) is 18.9 Å². The van der Waals surface area contributed by atoms with E-state index in [-0.39, 0.29) is 12.2 Å². The molecule has 0 aliphatic rings. The number of nitrogens with zero attached hydrogens (tertiary/aromatic N) is 3. The molecule has 19 heavy (non-hydrogen) atoms. The smallest absolute Gasteiger partial charge is 0.174 e. The fraction of sp³-hybridized carbons (Fsp3) is 0.462. The quantitative estimate of drug-likeness (QED) is 0.778. The van der Waals surface area contributed by atoms with E-state index in [9.17, 15) is 4.79 Å². The lowest BCUT2D eigenvalue weighted by molar-refractivity contribution is 0.0992. The first-order valence-electron chi connectivity index (χ1n) is 6.51. The predicted octanol–water partition coefficient (Wildman–Crippen LogP) is 1.97. The standard InChI is InChI=1S/C13H19N5O/c1-3-10(4-2)18-6-5-9(17-18)7-12(19)11-8-15-16-13(11)14/h5-6,8,10H,3-4,7H2,1-2H3,(H3,14,15,16). The number of nitrogens with one attached hydrogen (secondary N) is 1. The van der Waals surface area contributed by atoms with E-state index in [2.05, 4.69) is 29.1 Å². The van der Waals surface area contributed by atoms with Crippen LogP contribution in [-0.4, -0.2) is 25.8 Å². The molecular formula is C13H19N5O. The van der Waals surface area contributed by atoms with Crippen LogP contribution in [0.5, 0.6) is 0 Å². The van der Waals surface area contributed by atoms with Gasteiger partial charge in [-0.2, -0.15) is 10.2 Å². The van der Waals surface area contributed by atoms with E-state index >= 15 is 0 Å². The number of carbonyl (C=O) groups is 1. The van der Waals surface area contributed by atoms with Gasteiger partial charge in [0.15, 0.2) is 5.78 Å². The maximum absolute atomic E-state index is 12.0. The van der Waals surface area contributed by atoms with Crippen molar-refractivity contribution < 1.29 is 4.79 Å². The van der Waals surface area contributed by atoms with E-state index in [4.69, 9.17) is 5.73 Å². The van der Waals surface area contributed by atoms with Crippen LogP contribution in [0.15, 0.2) is 18.5 Å². The number of Topliss-reactive ketones (excluding diaryl/α,β-unsaturated/α-hetero) is 1. The number of carbonyl (C=O) groups excluding carboxylic acids is 1. The third-order valence-electron chi connectivity index (χ3n) is 3.29. The van der Waals surface area contributed by atoms with Crippen molar-refractivity contribution in [3.8, 4) is 0 Å². The summed E-state index contributed by atoms with van der Waals surface area (Å²) in [4.78, 5) is 12.0. The van der Waals surface area contributed by atoms with E-state index in [1.165, 1.54) is 6.20 Å². The second-order valence-electron chi connectivity index (χ2n) is 4.55. The van der Waals surface area contributed by atoms with Crippen LogP contribution in [0.25, 0.3) is 0 Å². The third kappa shape index (κ3) is 2.83. The van der Waals surface area contributed by atoms with Crippen LogP contribution in [0.1, 0.15) is 48.8 Å². The molecule has 0 spiro atoms. The highest BCUT2D eigenvalue weighted by molar-refractivity contribution is 6.00. The van der Waals surface area contributed by atoms with E-state index in [1.807, 2.05) is 16.9 Å². The lowest BCUT2D eigenvalue weighted by Gasteiger charge is -2.12. The average Bonchev–Trinajstić information content (AvgIpc) is 3.00. The molecule has 102 valence electrons. The van der Waals surface area contributed by atoms with Gasteiger partial charge in [-0.15, -0.1) is 0 Å². The molecule has 0 saturated carbocycles. The number of nitrogen functional groups attached to an aromatic ring is 1. The molecule has 0 unspecified atom stereocenters. The highest BCUT2D eigenvalue weighted by atomic mass is 16.1. The fourth-order valence-corrected chi connectivity index (χ4v) is 2.12. The van der Waals surface area contributed by atoms with E-state index < -0.39 is 0 Å². The van der Waals surface area contributed by atoms with Crippen molar-refractivity contribution in [3.05, 3.63) is 29.7 Å². The van der Waals surface area contributed by atoms with Crippen molar-refractivity contribution >= 4 is 11.6 Å². The predicted molar refractivity (Wildman–Crippen MR) is 72.9 cm³/mol. The highest BCUT2D eigenvalue weighted by Crippen LogP contribution is 2.16. The maximum atomic E-state index is 12.0. The SMILES string of the molecule is CCC(CC)n1ccc(CC(=O)c2cn[nH]c2N)n1. The lowest BCUT2D eigenvalue weighted by Crippen LogP contribution is -2.10. The molecule has 2 aromatic heterocycles. The Hall–Kier alpha value is -2.11. The van der Waals surface area contributed by atoms with Crippen molar-refractivity contribution in [2.24, 2.45) is 0 Å². The number of ketones is 1. The summed E-state index contributed by atoms with van der Waals surface area (Å²) >= 11 is 0. The zero-order valence-corrected chi connectivity index (χ0v) is 11.3. The Bertz CT molecular complexity index is 553. The topological polar surface area (TPSA) is 89.6 Å². The maximum Gasteiger partial charge on any atom is 0.174 e. The molecule has 2 rings (SSSR count). The normalized spacial score (nSPS) is 11.1. The molecule has 0 atom stereocenters. The molecule has 2 heterocycles. The summed E-state index contributed by atoms with van der Waals surface area (Å²) in [6.07, 6.45) is 5.69. The first-order valence-corrected chi connectivity index (χ1v) is 6.51. The number of H-pyrrole nitrogens is 1. The number of rotatable bonds is 6. The van der Waals surface area contributed by atoms with E-state index in [0.29, 0.717) is 17.4 Å².